The van der Waals surface area contributed by atoms with Crippen LogP contribution in [0.25, 0.3) is 10.9 Å². The SMILES string of the molecule is Fc1ccc2c3c([nH]c2c1)CNCCC3. The molecule has 3 rings (SSSR count). The molecule has 0 amide bonds. The molecule has 2 heterocycles. The van der Waals surface area contributed by atoms with Gasteiger partial charge in [0, 0.05) is 23.1 Å². The van der Waals surface area contributed by atoms with Crippen molar-refractivity contribution in [3.8, 4) is 0 Å². The number of rotatable bonds is 0. The summed E-state index contributed by atoms with van der Waals surface area (Å²) < 4.78 is 13.0. The molecule has 1 aromatic carbocycles. The Hall–Kier alpha value is -1.35. The van der Waals surface area contributed by atoms with Crippen molar-refractivity contribution in [3.63, 3.8) is 0 Å². The van der Waals surface area contributed by atoms with Gasteiger partial charge in [0.1, 0.15) is 5.82 Å². The average Bonchev–Trinajstić information content (AvgIpc) is 2.42. The Balaban J connectivity index is 2.23. The van der Waals surface area contributed by atoms with E-state index < -0.39 is 0 Å². The molecule has 0 radical (unpaired) electrons. The molecule has 2 aromatic rings. The summed E-state index contributed by atoms with van der Waals surface area (Å²) >= 11 is 0. The monoisotopic (exact) mass is 204 g/mol. The molecular formula is C12H13FN2. The van der Waals surface area contributed by atoms with E-state index in [-0.39, 0.29) is 5.82 Å². The maximum atomic E-state index is 13.0. The topological polar surface area (TPSA) is 27.8 Å². The van der Waals surface area contributed by atoms with Gasteiger partial charge >= 0.3 is 0 Å². The number of hydrogen-bond acceptors (Lipinski definition) is 1. The molecule has 0 spiro atoms. The minimum atomic E-state index is -0.174. The third-order valence-corrected chi connectivity index (χ3v) is 3.04. The Labute approximate surface area is 87.5 Å². The van der Waals surface area contributed by atoms with Gasteiger partial charge in [-0.15, -0.1) is 0 Å². The van der Waals surface area contributed by atoms with E-state index in [1.807, 2.05) is 6.07 Å². The lowest BCUT2D eigenvalue weighted by Gasteiger charge is -1.96. The van der Waals surface area contributed by atoms with Crippen LogP contribution in [-0.4, -0.2) is 11.5 Å². The van der Waals surface area contributed by atoms with Crippen molar-refractivity contribution in [1.82, 2.24) is 10.3 Å². The molecule has 2 nitrogen and oxygen atoms in total. The zero-order valence-electron chi connectivity index (χ0n) is 8.44. The second kappa shape index (κ2) is 3.35. The number of aromatic nitrogens is 1. The Morgan fingerprint density at radius 1 is 1.27 bits per heavy atom. The quantitative estimate of drug-likeness (QED) is 0.677. The molecule has 3 heteroatoms. The third-order valence-electron chi connectivity index (χ3n) is 3.04. The first-order valence-electron chi connectivity index (χ1n) is 5.34. The molecule has 0 saturated heterocycles. The van der Waals surface area contributed by atoms with E-state index in [1.54, 1.807) is 6.07 Å². The van der Waals surface area contributed by atoms with Crippen LogP contribution < -0.4 is 5.32 Å². The van der Waals surface area contributed by atoms with E-state index in [0.717, 1.165) is 31.4 Å². The summed E-state index contributed by atoms with van der Waals surface area (Å²) in [6.45, 7) is 1.93. The van der Waals surface area contributed by atoms with Crippen molar-refractivity contribution < 1.29 is 4.39 Å². The van der Waals surface area contributed by atoms with Crippen LogP contribution in [0.4, 0.5) is 4.39 Å². The first-order chi connectivity index (χ1) is 7.34. The van der Waals surface area contributed by atoms with Crippen LogP contribution in [0.1, 0.15) is 17.7 Å². The number of fused-ring (bicyclic) bond motifs is 3. The second-order valence-corrected chi connectivity index (χ2v) is 4.05. The Morgan fingerprint density at radius 3 is 3.13 bits per heavy atom. The molecule has 0 unspecified atom stereocenters. The number of aryl methyl sites for hydroxylation is 1. The van der Waals surface area contributed by atoms with E-state index >= 15 is 0 Å². The van der Waals surface area contributed by atoms with Gasteiger partial charge in [-0.3, -0.25) is 0 Å². The lowest BCUT2D eigenvalue weighted by atomic mass is 10.1. The van der Waals surface area contributed by atoms with Gasteiger partial charge < -0.3 is 10.3 Å². The second-order valence-electron chi connectivity index (χ2n) is 4.05. The van der Waals surface area contributed by atoms with Crippen LogP contribution in [0.5, 0.6) is 0 Å². The van der Waals surface area contributed by atoms with E-state index in [0.29, 0.717) is 0 Å². The van der Waals surface area contributed by atoms with Crippen molar-refractivity contribution in [3.05, 3.63) is 35.3 Å². The van der Waals surface area contributed by atoms with Gasteiger partial charge in [0.15, 0.2) is 0 Å². The maximum absolute atomic E-state index is 13.0. The van der Waals surface area contributed by atoms with E-state index in [2.05, 4.69) is 10.3 Å². The molecule has 0 bridgehead atoms. The molecule has 2 N–H and O–H groups in total. The number of nitrogens with one attached hydrogen (secondary N) is 2. The summed E-state index contributed by atoms with van der Waals surface area (Å²) in [7, 11) is 0. The highest BCUT2D eigenvalue weighted by molar-refractivity contribution is 5.84. The summed E-state index contributed by atoms with van der Waals surface area (Å²) in [5.74, 6) is -0.174. The van der Waals surface area contributed by atoms with E-state index in [9.17, 15) is 4.39 Å². The number of benzene rings is 1. The molecule has 1 aliphatic rings. The van der Waals surface area contributed by atoms with Crippen molar-refractivity contribution in [2.45, 2.75) is 19.4 Å². The lowest BCUT2D eigenvalue weighted by molar-refractivity contribution is 0.629. The largest absolute Gasteiger partial charge is 0.357 e. The fourth-order valence-corrected chi connectivity index (χ4v) is 2.32. The number of hydrogen-bond donors (Lipinski definition) is 2. The minimum Gasteiger partial charge on any atom is -0.357 e. The average molecular weight is 204 g/mol. The molecule has 0 fully saturated rings. The zero-order chi connectivity index (χ0) is 10.3. The standard InChI is InChI=1S/C12H13FN2/c13-8-3-4-10-9-2-1-5-14-7-12(9)15-11(10)6-8/h3-4,6,14-15H,1-2,5,7H2. The van der Waals surface area contributed by atoms with Gasteiger partial charge in [-0.1, -0.05) is 0 Å². The van der Waals surface area contributed by atoms with Gasteiger partial charge in [0.2, 0.25) is 0 Å². The number of H-pyrrole nitrogens is 1. The molecular weight excluding hydrogens is 191 g/mol. The predicted octanol–water partition coefficient (Wildman–Crippen LogP) is 2.34. The fraction of sp³-hybridized carbons (Fsp3) is 0.333. The van der Waals surface area contributed by atoms with Gasteiger partial charge in [-0.05, 0) is 43.1 Å². The van der Waals surface area contributed by atoms with Crippen LogP contribution in [0.2, 0.25) is 0 Å². The van der Waals surface area contributed by atoms with Crippen molar-refractivity contribution >= 4 is 10.9 Å². The van der Waals surface area contributed by atoms with Gasteiger partial charge in [-0.25, -0.2) is 4.39 Å². The van der Waals surface area contributed by atoms with Gasteiger partial charge in [-0.2, -0.15) is 0 Å². The third kappa shape index (κ3) is 1.43. The summed E-state index contributed by atoms with van der Waals surface area (Å²) in [6, 6.07) is 4.99. The molecule has 0 aliphatic carbocycles. The molecule has 78 valence electrons. The Kier molecular flexibility index (Phi) is 1.99. The molecule has 0 atom stereocenters. The first kappa shape index (κ1) is 8.92. The molecule has 0 saturated carbocycles. The molecule has 1 aliphatic heterocycles. The van der Waals surface area contributed by atoms with E-state index in [1.165, 1.54) is 22.7 Å². The fourth-order valence-electron chi connectivity index (χ4n) is 2.32. The highest BCUT2D eigenvalue weighted by Crippen LogP contribution is 2.25. The maximum Gasteiger partial charge on any atom is 0.125 e. The highest BCUT2D eigenvalue weighted by Gasteiger charge is 2.13. The van der Waals surface area contributed by atoms with Gasteiger partial charge in [0.25, 0.3) is 0 Å². The van der Waals surface area contributed by atoms with Crippen molar-refractivity contribution in [2.24, 2.45) is 0 Å². The van der Waals surface area contributed by atoms with Crippen LogP contribution >= 0.6 is 0 Å². The normalized spacial score (nSPS) is 16.3. The summed E-state index contributed by atoms with van der Waals surface area (Å²) in [6.07, 6.45) is 2.23. The molecule has 1 aromatic heterocycles. The summed E-state index contributed by atoms with van der Waals surface area (Å²) in [5, 5.41) is 4.53. The first-order valence-corrected chi connectivity index (χ1v) is 5.34. The van der Waals surface area contributed by atoms with Crippen LogP contribution in [-0.2, 0) is 13.0 Å². The van der Waals surface area contributed by atoms with Crippen molar-refractivity contribution in [2.75, 3.05) is 6.54 Å². The smallest absolute Gasteiger partial charge is 0.125 e. The molecule has 15 heavy (non-hydrogen) atoms. The number of aromatic amines is 1. The summed E-state index contributed by atoms with van der Waals surface area (Å²) in [5.41, 5.74) is 3.49. The number of halogens is 1. The van der Waals surface area contributed by atoms with Crippen molar-refractivity contribution in [1.29, 1.82) is 0 Å². The lowest BCUT2D eigenvalue weighted by Crippen LogP contribution is -2.12. The van der Waals surface area contributed by atoms with Gasteiger partial charge in [0.05, 0.1) is 0 Å². The van der Waals surface area contributed by atoms with E-state index in [4.69, 9.17) is 0 Å². The minimum absolute atomic E-state index is 0.174. The predicted molar refractivity (Wildman–Crippen MR) is 58.3 cm³/mol. The van der Waals surface area contributed by atoms with Crippen LogP contribution in [0, 0.1) is 5.82 Å². The van der Waals surface area contributed by atoms with Crippen LogP contribution in [0.15, 0.2) is 18.2 Å². The van der Waals surface area contributed by atoms with Crippen LogP contribution in [0.3, 0.4) is 0 Å². The summed E-state index contributed by atoms with van der Waals surface area (Å²) in [4.78, 5) is 3.29. The zero-order valence-corrected chi connectivity index (χ0v) is 8.44. The highest BCUT2D eigenvalue weighted by atomic mass is 19.1. The Morgan fingerprint density at radius 2 is 2.20 bits per heavy atom. The Bertz CT molecular complexity index is 502.